The molecule has 1 N–H and O–H groups in total. The summed E-state index contributed by atoms with van der Waals surface area (Å²) in [6, 6.07) is 3.72. The van der Waals surface area contributed by atoms with E-state index in [1.807, 2.05) is 0 Å². The molecule has 0 spiro atoms. The Hall–Kier alpha value is -1.43. The van der Waals surface area contributed by atoms with Crippen LogP contribution in [0.1, 0.15) is 19.4 Å². The Bertz CT molecular complexity index is 531. The number of hydrogen-bond donors (Lipinski definition) is 1. The van der Waals surface area contributed by atoms with Crippen molar-refractivity contribution < 1.29 is 14.0 Å². The van der Waals surface area contributed by atoms with Crippen LogP contribution < -0.4 is 5.32 Å². The zero-order valence-electron chi connectivity index (χ0n) is 9.96. The Morgan fingerprint density at radius 3 is 2.56 bits per heavy atom. The molecule has 1 aromatic rings. The number of carbonyl (C=O) groups is 2. The van der Waals surface area contributed by atoms with Crippen LogP contribution in [0.15, 0.2) is 22.7 Å². The first kappa shape index (κ1) is 13.0. The highest BCUT2D eigenvalue weighted by atomic mass is 79.9. The summed E-state index contributed by atoms with van der Waals surface area (Å²) >= 11 is 3.21. The predicted molar refractivity (Wildman–Crippen MR) is 67.3 cm³/mol. The van der Waals surface area contributed by atoms with Crippen LogP contribution in [0.2, 0.25) is 0 Å². The van der Waals surface area contributed by atoms with Gasteiger partial charge in [-0.05, 0) is 31.5 Å². The van der Waals surface area contributed by atoms with Crippen molar-refractivity contribution in [3.63, 3.8) is 0 Å². The van der Waals surface area contributed by atoms with Gasteiger partial charge in [-0.2, -0.15) is 0 Å². The molecule has 0 unspecified atom stereocenters. The first-order valence-corrected chi connectivity index (χ1v) is 6.18. The van der Waals surface area contributed by atoms with E-state index in [0.717, 1.165) is 4.90 Å². The summed E-state index contributed by atoms with van der Waals surface area (Å²) in [5.41, 5.74) is -0.207. The van der Waals surface area contributed by atoms with Crippen molar-refractivity contribution in [3.8, 4) is 0 Å². The third-order valence-electron chi connectivity index (χ3n) is 2.79. The molecule has 6 heteroatoms. The Labute approximate surface area is 112 Å². The van der Waals surface area contributed by atoms with Gasteiger partial charge in [0.25, 0.3) is 5.91 Å². The molecule has 96 valence electrons. The van der Waals surface area contributed by atoms with E-state index in [1.165, 1.54) is 12.1 Å². The summed E-state index contributed by atoms with van der Waals surface area (Å²) < 4.78 is 13.5. The third-order valence-corrected chi connectivity index (χ3v) is 3.53. The lowest BCUT2D eigenvalue weighted by molar-refractivity contribution is -0.130. The number of carbonyl (C=O) groups excluding carboxylic acids is 2. The van der Waals surface area contributed by atoms with E-state index in [4.69, 9.17) is 0 Å². The van der Waals surface area contributed by atoms with Crippen LogP contribution in [0.25, 0.3) is 0 Å². The Morgan fingerprint density at radius 2 is 2.06 bits per heavy atom. The molecule has 1 aliphatic heterocycles. The highest BCUT2D eigenvalue weighted by Gasteiger charge is 2.44. The van der Waals surface area contributed by atoms with E-state index in [-0.39, 0.29) is 18.3 Å². The molecule has 18 heavy (non-hydrogen) atoms. The number of urea groups is 1. The Kier molecular flexibility index (Phi) is 3.14. The maximum atomic E-state index is 12.9. The minimum Gasteiger partial charge on any atom is -0.324 e. The van der Waals surface area contributed by atoms with E-state index in [2.05, 4.69) is 21.2 Å². The Morgan fingerprint density at radius 1 is 1.39 bits per heavy atom. The Balaban J connectivity index is 2.24. The molecular weight excluding hydrogens is 303 g/mol. The van der Waals surface area contributed by atoms with Crippen LogP contribution in [0, 0.1) is 5.82 Å². The van der Waals surface area contributed by atoms with Crippen molar-refractivity contribution >= 4 is 27.9 Å². The fraction of sp³-hybridized carbons (Fsp3) is 0.333. The number of nitrogens with zero attached hydrogens (tertiary/aromatic N) is 1. The van der Waals surface area contributed by atoms with Crippen molar-refractivity contribution in [2.24, 2.45) is 0 Å². The number of nitrogens with one attached hydrogen (secondary N) is 1. The fourth-order valence-electron chi connectivity index (χ4n) is 1.78. The minimum absolute atomic E-state index is 0.120. The number of amides is 3. The summed E-state index contributed by atoms with van der Waals surface area (Å²) in [6.45, 7) is 3.41. The summed E-state index contributed by atoms with van der Waals surface area (Å²) in [5, 5.41) is 2.59. The van der Waals surface area contributed by atoms with Crippen molar-refractivity contribution in [2.45, 2.75) is 25.9 Å². The van der Waals surface area contributed by atoms with E-state index in [9.17, 15) is 14.0 Å². The molecule has 3 amide bonds. The van der Waals surface area contributed by atoms with Crippen molar-refractivity contribution in [1.82, 2.24) is 10.2 Å². The van der Waals surface area contributed by atoms with Gasteiger partial charge in [0.15, 0.2) is 0 Å². The van der Waals surface area contributed by atoms with Gasteiger partial charge in [-0.15, -0.1) is 0 Å². The highest BCUT2D eigenvalue weighted by molar-refractivity contribution is 9.10. The lowest BCUT2D eigenvalue weighted by Crippen LogP contribution is -2.40. The molecule has 1 heterocycles. The molecule has 0 radical (unpaired) electrons. The normalized spacial score (nSPS) is 18.1. The van der Waals surface area contributed by atoms with E-state index in [1.54, 1.807) is 19.9 Å². The average molecular weight is 315 g/mol. The molecule has 0 aromatic heterocycles. The van der Waals surface area contributed by atoms with Crippen LogP contribution in [0.3, 0.4) is 0 Å². The second-order valence-corrected chi connectivity index (χ2v) is 5.54. The van der Waals surface area contributed by atoms with Crippen molar-refractivity contribution in [3.05, 3.63) is 34.1 Å². The standard InChI is InChI=1S/C12H12BrFN2O2/c1-12(2)10(17)16(11(18)15-12)6-7-3-4-8(14)5-9(7)13/h3-5H,6H2,1-2H3,(H,15,18). The number of hydrogen-bond acceptors (Lipinski definition) is 2. The number of imide groups is 1. The molecular formula is C12H12BrFN2O2. The summed E-state index contributed by atoms with van der Waals surface area (Å²) in [6.07, 6.45) is 0. The van der Waals surface area contributed by atoms with Crippen LogP contribution in [0.5, 0.6) is 0 Å². The monoisotopic (exact) mass is 314 g/mol. The maximum absolute atomic E-state index is 12.9. The quantitative estimate of drug-likeness (QED) is 0.852. The van der Waals surface area contributed by atoms with Crippen LogP contribution in [-0.4, -0.2) is 22.4 Å². The lowest BCUT2D eigenvalue weighted by atomic mass is 10.1. The minimum atomic E-state index is -0.885. The fourth-order valence-corrected chi connectivity index (χ4v) is 2.26. The molecule has 2 rings (SSSR count). The van der Waals surface area contributed by atoms with Gasteiger partial charge in [0.05, 0.1) is 6.54 Å². The van der Waals surface area contributed by atoms with Crippen LogP contribution in [-0.2, 0) is 11.3 Å². The lowest BCUT2D eigenvalue weighted by Gasteiger charge is -2.16. The second-order valence-electron chi connectivity index (χ2n) is 4.68. The first-order valence-electron chi connectivity index (χ1n) is 5.39. The zero-order valence-corrected chi connectivity index (χ0v) is 11.5. The average Bonchev–Trinajstić information content (AvgIpc) is 2.44. The SMILES string of the molecule is CC1(C)NC(=O)N(Cc2ccc(F)cc2Br)C1=O. The van der Waals surface area contributed by atoms with E-state index >= 15 is 0 Å². The topological polar surface area (TPSA) is 49.4 Å². The van der Waals surface area contributed by atoms with Crippen LogP contribution >= 0.6 is 15.9 Å². The molecule has 1 aliphatic rings. The van der Waals surface area contributed by atoms with Gasteiger partial charge < -0.3 is 5.32 Å². The van der Waals surface area contributed by atoms with Crippen molar-refractivity contribution in [1.29, 1.82) is 0 Å². The van der Waals surface area contributed by atoms with Gasteiger partial charge in [0, 0.05) is 4.47 Å². The summed E-state index contributed by atoms with van der Waals surface area (Å²) in [4.78, 5) is 24.8. The van der Waals surface area contributed by atoms with Crippen molar-refractivity contribution in [2.75, 3.05) is 0 Å². The smallest absolute Gasteiger partial charge is 0.324 e. The predicted octanol–water partition coefficient (Wildman–Crippen LogP) is 2.42. The zero-order chi connectivity index (χ0) is 13.5. The van der Waals surface area contributed by atoms with Gasteiger partial charge in [0.2, 0.25) is 0 Å². The molecule has 1 saturated heterocycles. The molecule has 0 aliphatic carbocycles. The molecule has 0 saturated carbocycles. The second kappa shape index (κ2) is 4.35. The van der Waals surface area contributed by atoms with Crippen LogP contribution in [0.4, 0.5) is 9.18 Å². The number of halogens is 2. The number of rotatable bonds is 2. The van der Waals surface area contributed by atoms with Gasteiger partial charge in [-0.1, -0.05) is 22.0 Å². The van der Waals surface area contributed by atoms with E-state index < -0.39 is 11.6 Å². The van der Waals surface area contributed by atoms with E-state index in [0.29, 0.717) is 10.0 Å². The third kappa shape index (κ3) is 2.25. The van der Waals surface area contributed by atoms with Gasteiger partial charge in [-0.25, -0.2) is 9.18 Å². The molecule has 4 nitrogen and oxygen atoms in total. The molecule has 0 bridgehead atoms. The maximum Gasteiger partial charge on any atom is 0.325 e. The molecule has 0 atom stereocenters. The summed E-state index contributed by atoms with van der Waals surface area (Å²) in [5.74, 6) is -0.660. The highest BCUT2D eigenvalue weighted by Crippen LogP contribution is 2.23. The van der Waals surface area contributed by atoms with Gasteiger partial charge in [-0.3, -0.25) is 9.69 Å². The molecule has 1 fully saturated rings. The first-order chi connectivity index (χ1) is 8.31. The number of benzene rings is 1. The van der Waals surface area contributed by atoms with Gasteiger partial charge in [0.1, 0.15) is 11.4 Å². The van der Waals surface area contributed by atoms with Gasteiger partial charge >= 0.3 is 6.03 Å². The largest absolute Gasteiger partial charge is 0.325 e. The summed E-state index contributed by atoms with van der Waals surface area (Å²) in [7, 11) is 0. The molecule has 1 aromatic carbocycles.